The van der Waals surface area contributed by atoms with Crippen molar-refractivity contribution >= 4 is 46.6 Å². The van der Waals surface area contributed by atoms with E-state index in [1.54, 1.807) is 0 Å². The number of nitrogens with zero attached hydrogens (tertiary/aromatic N) is 2. The Labute approximate surface area is 174 Å². The van der Waals surface area contributed by atoms with Crippen LogP contribution in [0.4, 0.5) is 15.8 Å². The highest BCUT2D eigenvalue weighted by molar-refractivity contribution is 7.80. The van der Waals surface area contributed by atoms with Gasteiger partial charge in [0.25, 0.3) is 11.8 Å². The standard InChI is InChI=1S/C19H14FN3O6S/c1-28-15-9-16(29-2)14(23(26)27)8-10(15)7-13-17(24)21-19(30)22(18(13)25)12-5-3-11(20)4-6-12/h3-9H,1-2H3,(H,21,24,30)/b13-7-. The molecule has 9 nitrogen and oxygen atoms in total. The monoisotopic (exact) mass is 431 g/mol. The van der Waals surface area contributed by atoms with Gasteiger partial charge in [0.05, 0.1) is 24.8 Å². The molecule has 0 radical (unpaired) electrons. The number of rotatable bonds is 5. The summed E-state index contributed by atoms with van der Waals surface area (Å²) in [4.78, 5) is 37.1. The fourth-order valence-corrected chi connectivity index (χ4v) is 3.08. The number of methoxy groups -OCH3 is 2. The minimum atomic E-state index is -0.788. The fraction of sp³-hybridized carbons (Fsp3) is 0.105. The van der Waals surface area contributed by atoms with Crippen LogP contribution in [0.2, 0.25) is 0 Å². The average molecular weight is 431 g/mol. The van der Waals surface area contributed by atoms with Gasteiger partial charge in [-0.15, -0.1) is 0 Å². The Morgan fingerprint density at radius 3 is 2.33 bits per heavy atom. The summed E-state index contributed by atoms with van der Waals surface area (Å²) in [5.41, 5.74) is -0.370. The van der Waals surface area contributed by atoms with Crippen molar-refractivity contribution in [3.63, 3.8) is 0 Å². The number of hydrogen-bond acceptors (Lipinski definition) is 7. The molecule has 0 unspecified atom stereocenters. The van der Waals surface area contributed by atoms with E-state index in [-0.39, 0.29) is 39.1 Å². The van der Waals surface area contributed by atoms with Gasteiger partial charge in [-0.2, -0.15) is 0 Å². The van der Waals surface area contributed by atoms with Crippen LogP contribution in [0, 0.1) is 15.9 Å². The van der Waals surface area contributed by atoms with Crippen molar-refractivity contribution in [1.29, 1.82) is 0 Å². The maximum Gasteiger partial charge on any atom is 0.311 e. The number of benzene rings is 2. The quantitative estimate of drug-likeness (QED) is 0.255. The van der Waals surface area contributed by atoms with E-state index < -0.39 is 22.6 Å². The molecule has 1 N–H and O–H groups in total. The highest BCUT2D eigenvalue weighted by Gasteiger charge is 2.35. The van der Waals surface area contributed by atoms with Gasteiger partial charge in [0.1, 0.15) is 17.1 Å². The zero-order valence-electron chi connectivity index (χ0n) is 15.7. The number of anilines is 1. The molecule has 1 fully saturated rings. The largest absolute Gasteiger partial charge is 0.496 e. The maximum atomic E-state index is 13.2. The molecule has 2 amide bonds. The molecule has 30 heavy (non-hydrogen) atoms. The Morgan fingerprint density at radius 1 is 1.13 bits per heavy atom. The van der Waals surface area contributed by atoms with E-state index in [0.717, 1.165) is 29.2 Å². The van der Waals surface area contributed by atoms with Gasteiger partial charge in [0.2, 0.25) is 5.75 Å². The lowest BCUT2D eigenvalue weighted by atomic mass is 10.0. The van der Waals surface area contributed by atoms with Crippen LogP contribution in [0.3, 0.4) is 0 Å². The van der Waals surface area contributed by atoms with Crippen molar-refractivity contribution in [2.45, 2.75) is 0 Å². The first-order valence-corrected chi connectivity index (χ1v) is 8.75. The van der Waals surface area contributed by atoms with Crippen LogP contribution in [0.5, 0.6) is 11.5 Å². The first-order chi connectivity index (χ1) is 14.3. The number of hydrogen-bond donors (Lipinski definition) is 1. The minimum Gasteiger partial charge on any atom is -0.496 e. The van der Waals surface area contributed by atoms with Crippen molar-refractivity contribution in [2.24, 2.45) is 0 Å². The van der Waals surface area contributed by atoms with Crippen molar-refractivity contribution in [3.8, 4) is 11.5 Å². The molecule has 11 heteroatoms. The molecule has 3 rings (SSSR count). The van der Waals surface area contributed by atoms with Gasteiger partial charge in [-0.1, -0.05) is 0 Å². The normalized spacial score (nSPS) is 15.2. The lowest BCUT2D eigenvalue weighted by Gasteiger charge is -2.29. The second-order valence-electron chi connectivity index (χ2n) is 5.96. The third-order valence-electron chi connectivity index (χ3n) is 4.21. The molecule has 0 saturated carbocycles. The molecule has 2 aromatic carbocycles. The molecule has 2 aromatic rings. The summed E-state index contributed by atoms with van der Waals surface area (Å²) in [5, 5.41) is 13.5. The predicted molar refractivity (Wildman–Crippen MR) is 109 cm³/mol. The summed E-state index contributed by atoms with van der Waals surface area (Å²) in [6.07, 6.45) is 1.15. The van der Waals surface area contributed by atoms with Crippen molar-refractivity contribution in [1.82, 2.24) is 5.32 Å². The second kappa shape index (κ2) is 8.25. The number of carbonyl (C=O) groups is 2. The van der Waals surface area contributed by atoms with Gasteiger partial charge >= 0.3 is 5.69 Å². The van der Waals surface area contributed by atoms with E-state index >= 15 is 0 Å². The molecular formula is C19H14FN3O6S. The number of carbonyl (C=O) groups excluding carboxylic acids is 2. The molecule has 0 spiro atoms. The average Bonchev–Trinajstić information content (AvgIpc) is 2.71. The Balaban J connectivity index is 2.11. The number of amides is 2. The highest BCUT2D eigenvalue weighted by Crippen LogP contribution is 2.36. The summed E-state index contributed by atoms with van der Waals surface area (Å²) in [5.74, 6) is -1.98. The molecule has 1 heterocycles. The van der Waals surface area contributed by atoms with Crippen molar-refractivity contribution < 1.29 is 28.4 Å². The molecule has 1 aliphatic heterocycles. The lowest BCUT2D eigenvalue weighted by Crippen LogP contribution is -2.54. The van der Waals surface area contributed by atoms with E-state index in [9.17, 15) is 24.1 Å². The number of nitro benzene ring substituents is 1. The first-order valence-electron chi connectivity index (χ1n) is 8.34. The zero-order valence-corrected chi connectivity index (χ0v) is 16.5. The predicted octanol–water partition coefficient (Wildman–Crippen LogP) is 2.58. The summed E-state index contributed by atoms with van der Waals surface area (Å²) in [7, 11) is 2.59. The van der Waals surface area contributed by atoms with E-state index in [1.807, 2.05) is 0 Å². The number of nitro groups is 1. The Kier molecular flexibility index (Phi) is 5.74. The summed E-state index contributed by atoms with van der Waals surface area (Å²) in [6, 6.07) is 7.33. The number of halogens is 1. The SMILES string of the molecule is COc1cc(OC)c([N+](=O)[O-])cc1/C=C1/C(=O)NC(=S)N(c2ccc(F)cc2)C1=O. The van der Waals surface area contributed by atoms with Gasteiger partial charge in [0.15, 0.2) is 5.11 Å². The van der Waals surface area contributed by atoms with Crippen LogP contribution < -0.4 is 19.7 Å². The second-order valence-corrected chi connectivity index (χ2v) is 6.34. The fourth-order valence-electron chi connectivity index (χ4n) is 2.80. The van der Waals surface area contributed by atoms with E-state index in [0.29, 0.717) is 0 Å². The Morgan fingerprint density at radius 2 is 1.77 bits per heavy atom. The topological polar surface area (TPSA) is 111 Å². The molecule has 0 atom stereocenters. The summed E-state index contributed by atoms with van der Waals surface area (Å²) in [6.45, 7) is 0. The summed E-state index contributed by atoms with van der Waals surface area (Å²) >= 11 is 5.07. The van der Waals surface area contributed by atoms with Crippen LogP contribution in [-0.4, -0.2) is 36.1 Å². The van der Waals surface area contributed by atoms with E-state index in [2.05, 4.69) is 5.32 Å². The maximum absolute atomic E-state index is 13.2. The van der Waals surface area contributed by atoms with Gasteiger partial charge in [-0.25, -0.2) is 4.39 Å². The molecule has 0 bridgehead atoms. The highest BCUT2D eigenvalue weighted by atomic mass is 32.1. The van der Waals surface area contributed by atoms with Crippen molar-refractivity contribution in [2.75, 3.05) is 19.1 Å². The molecular weight excluding hydrogens is 417 g/mol. The smallest absolute Gasteiger partial charge is 0.311 e. The van der Waals surface area contributed by atoms with Crippen LogP contribution in [0.1, 0.15) is 5.56 Å². The number of thiocarbonyl (C=S) groups is 1. The van der Waals surface area contributed by atoms with Crippen LogP contribution in [-0.2, 0) is 9.59 Å². The third-order valence-corrected chi connectivity index (χ3v) is 4.50. The first kappa shape index (κ1) is 20.9. The van der Waals surface area contributed by atoms with Crippen molar-refractivity contribution in [3.05, 3.63) is 63.5 Å². The minimum absolute atomic E-state index is 0.0486. The molecule has 1 saturated heterocycles. The number of ether oxygens (including phenoxy) is 2. The van der Waals surface area contributed by atoms with E-state index in [4.69, 9.17) is 21.7 Å². The Bertz CT molecular complexity index is 1100. The van der Waals surface area contributed by atoms with Gasteiger partial charge in [-0.05, 0) is 42.6 Å². The van der Waals surface area contributed by atoms with Crippen LogP contribution in [0.25, 0.3) is 6.08 Å². The van der Waals surface area contributed by atoms with Crippen LogP contribution >= 0.6 is 12.2 Å². The van der Waals surface area contributed by atoms with Gasteiger partial charge < -0.3 is 9.47 Å². The van der Waals surface area contributed by atoms with Gasteiger partial charge in [0, 0.05) is 17.7 Å². The molecule has 1 aliphatic rings. The third kappa shape index (κ3) is 3.82. The molecule has 154 valence electrons. The van der Waals surface area contributed by atoms with E-state index in [1.165, 1.54) is 32.4 Å². The molecule has 0 aliphatic carbocycles. The zero-order chi connectivity index (χ0) is 22.0. The number of nitrogens with one attached hydrogen (secondary N) is 1. The van der Waals surface area contributed by atoms with Gasteiger partial charge in [-0.3, -0.25) is 29.9 Å². The summed E-state index contributed by atoms with van der Waals surface area (Å²) < 4.78 is 23.4. The lowest BCUT2D eigenvalue weighted by molar-refractivity contribution is -0.385. The Hall–Kier alpha value is -3.86. The van der Waals surface area contributed by atoms with Crippen LogP contribution in [0.15, 0.2) is 42.0 Å². The molecule has 0 aromatic heterocycles.